The number of anilines is 1. The molecule has 35 heavy (non-hydrogen) atoms. The number of imide groups is 1. The number of carbonyl (C=O) groups is 4. The van der Waals surface area contributed by atoms with Crippen LogP contribution in [0.2, 0.25) is 0 Å². The van der Waals surface area contributed by atoms with Crippen molar-refractivity contribution < 1.29 is 28.3 Å². The molecule has 3 atom stereocenters. The van der Waals surface area contributed by atoms with E-state index in [9.17, 15) is 23.6 Å². The van der Waals surface area contributed by atoms with Crippen LogP contribution in [-0.2, 0) is 14.3 Å². The van der Waals surface area contributed by atoms with Crippen LogP contribution in [0, 0.1) is 31.5 Å². The number of amides is 2. The van der Waals surface area contributed by atoms with Crippen molar-refractivity contribution in [3.63, 3.8) is 0 Å². The predicted molar refractivity (Wildman–Crippen MR) is 123 cm³/mol. The summed E-state index contributed by atoms with van der Waals surface area (Å²) in [5.41, 5.74) is 0.866. The molecule has 2 amide bonds. The summed E-state index contributed by atoms with van der Waals surface area (Å²) in [5.74, 6) is -5.38. The van der Waals surface area contributed by atoms with Gasteiger partial charge < -0.3 is 4.74 Å². The molecule has 0 N–H and O–H groups in total. The number of ketones is 2. The van der Waals surface area contributed by atoms with Gasteiger partial charge in [0.05, 0.1) is 23.6 Å². The Labute approximate surface area is 200 Å². The van der Waals surface area contributed by atoms with Crippen LogP contribution in [0.4, 0.5) is 10.1 Å². The van der Waals surface area contributed by atoms with E-state index < -0.39 is 52.7 Å². The molecule has 1 aliphatic carbocycles. The molecule has 6 nitrogen and oxygen atoms in total. The van der Waals surface area contributed by atoms with Gasteiger partial charge in [0.25, 0.3) is 0 Å². The minimum absolute atomic E-state index is 0.167. The van der Waals surface area contributed by atoms with Crippen molar-refractivity contribution in [2.24, 2.45) is 11.8 Å². The highest BCUT2D eigenvalue weighted by atomic mass is 19.1. The van der Waals surface area contributed by atoms with Gasteiger partial charge in [0.15, 0.2) is 0 Å². The number of hydrogen-bond acceptors (Lipinski definition) is 5. The Balaban J connectivity index is 1.54. The maximum Gasteiger partial charge on any atom is 0.241 e. The molecule has 3 aromatic carbocycles. The lowest BCUT2D eigenvalue weighted by atomic mass is 9.77. The van der Waals surface area contributed by atoms with Crippen LogP contribution in [0.1, 0.15) is 43.5 Å². The van der Waals surface area contributed by atoms with Gasteiger partial charge in [-0.15, -0.1) is 0 Å². The van der Waals surface area contributed by atoms with Gasteiger partial charge in [-0.1, -0.05) is 42.5 Å². The first-order chi connectivity index (χ1) is 16.8. The maximum atomic E-state index is 13.9. The number of benzene rings is 3. The molecule has 2 heterocycles. The lowest BCUT2D eigenvalue weighted by molar-refractivity contribution is -0.127. The SMILES string of the molecule is Cc1ccc(N2C(=O)[C@@H]3[C@H](c4ccc(F)cc4)OC4(C(=O)c5ccccc5C4=O)[C@H]3C2=O)cc1C. The zero-order valence-electron chi connectivity index (χ0n) is 18.9. The summed E-state index contributed by atoms with van der Waals surface area (Å²) < 4.78 is 19.8. The smallest absolute Gasteiger partial charge is 0.241 e. The highest BCUT2D eigenvalue weighted by Crippen LogP contribution is 2.57. The Hall–Kier alpha value is -3.97. The molecular weight excluding hydrogens is 449 g/mol. The molecule has 3 aliphatic rings. The van der Waals surface area contributed by atoms with Gasteiger partial charge in [-0.05, 0) is 54.8 Å². The van der Waals surface area contributed by atoms with Gasteiger partial charge in [-0.3, -0.25) is 19.2 Å². The topological polar surface area (TPSA) is 80.8 Å². The Morgan fingerprint density at radius 1 is 0.800 bits per heavy atom. The van der Waals surface area contributed by atoms with E-state index in [1.807, 2.05) is 19.9 Å². The molecule has 2 saturated heterocycles. The van der Waals surface area contributed by atoms with Crippen LogP contribution < -0.4 is 4.90 Å². The van der Waals surface area contributed by atoms with Gasteiger partial charge in [-0.2, -0.15) is 0 Å². The van der Waals surface area contributed by atoms with Crippen molar-refractivity contribution >= 4 is 29.1 Å². The summed E-state index contributed by atoms with van der Waals surface area (Å²) in [6.45, 7) is 3.79. The van der Waals surface area contributed by atoms with Crippen LogP contribution in [0.3, 0.4) is 0 Å². The number of carbonyl (C=O) groups excluding carboxylic acids is 4. The normalized spacial score (nSPS) is 24.4. The fourth-order valence-corrected chi connectivity index (χ4v) is 5.59. The third-order valence-corrected chi connectivity index (χ3v) is 7.47. The molecule has 0 radical (unpaired) electrons. The Morgan fingerprint density at radius 3 is 2.03 bits per heavy atom. The van der Waals surface area contributed by atoms with Crippen molar-refractivity contribution in [3.8, 4) is 0 Å². The fraction of sp³-hybridized carbons (Fsp3) is 0.214. The minimum Gasteiger partial charge on any atom is -0.349 e. The Morgan fingerprint density at radius 2 is 1.43 bits per heavy atom. The van der Waals surface area contributed by atoms with E-state index in [1.165, 1.54) is 36.4 Å². The molecule has 0 saturated carbocycles. The van der Waals surface area contributed by atoms with E-state index in [4.69, 9.17) is 4.74 Å². The third-order valence-electron chi connectivity index (χ3n) is 7.47. The van der Waals surface area contributed by atoms with Crippen molar-refractivity contribution in [3.05, 3.63) is 100 Å². The van der Waals surface area contributed by atoms with Crippen molar-refractivity contribution in [2.75, 3.05) is 4.90 Å². The van der Waals surface area contributed by atoms with Crippen molar-refractivity contribution in [1.82, 2.24) is 0 Å². The van der Waals surface area contributed by atoms with E-state index >= 15 is 0 Å². The molecule has 0 aromatic heterocycles. The number of rotatable bonds is 2. The number of ether oxygens (including phenoxy) is 1. The molecule has 1 spiro atoms. The number of halogens is 1. The summed E-state index contributed by atoms with van der Waals surface area (Å²) in [7, 11) is 0. The molecule has 0 bridgehead atoms. The average Bonchev–Trinajstić information content (AvgIpc) is 3.41. The molecule has 0 unspecified atom stereocenters. The van der Waals surface area contributed by atoms with E-state index in [-0.39, 0.29) is 11.1 Å². The fourth-order valence-electron chi connectivity index (χ4n) is 5.59. The molecule has 2 aliphatic heterocycles. The molecule has 174 valence electrons. The number of hydrogen-bond donors (Lipinski definition) is 0. The number of nitrogens with zero attached hydrogens (tertiary/aromatic N) is 1. The summed E-state index contributed by atoms with van der Waals surface area (Å²) in [6, 6.07) is 16.9. The summed E-state index contributed by atoms with van der Waals surface area (Å²) in [5, 5.41) is 0. The van der Waals surface area contributed by atoms with Crippen LogP contribution in [-0.4, -0.2) is 29.0 Å². The molecule has 2 fully saturated rings. The monoisotopic (exact) mass is 469 g/mol. The van der Waals surface area contributed by atoms with Crippen LogP contribution in [0.15, 0.2) is 66.7 Å². The van der Waals surface area contributed by atoms with Crippen molar-refractivity contribution in [2.45, 2.75) is 25.6 Å². The standard InChI is InChI=1S/C28H20FNO5/c1-14-7-12-18(13-15(14)2)30-26(33)21-22(27(30)34)28(35-23(21)16-8-10-17(29)11-9-16)24(31)19-5-3-4-6-20(19)25(28)32/h3-13,21-23H,1-2H3/t21-,22+,23-/m0/s1. The first kappa shape index (κ1) is 21.6. The highest BCUT2D eigenvalue weighted by molar-refractivity contribution is 6.37. The number of Topliss-reactive ketones (excluding diaryl/α,β-unsaturated/α-hetero) is 2. The van der Waals surface area contributed by atoms with Crippen molar-refractivity contribution in [1.29, 1.82) is 0 Å². The highest BCUT2D eigenvalue weighted by Gasteiger charge is 2.74. The Kier molecular flexibility index (Phi) is 4.47. The van der Waals surface area contributed by atoms with Gasteiger partial charge in [0.1, 0.15) is 5.82 Å². The van der Waals surface area contributed by atoms with E-state index in [0.717, 1.165) is 16.0 Å². The average molecular weight is 469 g/mol. The maximum absolute atomic E-state index is 13.9. The Bertz CT molecular complexity index is 1430. The van der Waals surface area contributed by atoms with Gasteiger partial charge in [0.2, 0.25) is 29.0 Å². The molecule has 7 heteroatoms. The zero-order chi connectivity index (χ0) is 24.6. The third kappa shape index (κ3) is 2.73. The van der Waals surface area contributed by atoms with E-state index in [1.54, 1.807) is 24.3 Å². The quantitative estimate of drug-likeness (QED) is 0.416. The largest absolute Gasteiger partial charge is 0.349 e. The van der Waals surface area contributed by atoms with E-state index in [0.29, 0.717) is 11.3 Å². The van der Waals surface area contributed by atoms with Crippen LogP contribution in [0.25, 0.3) is 0 Å². The lowest BCUT2D eigenvalue weighted by Gasteiger charge is -2.27. The molecule has 3 aromatic rings. The van der Waals surface area contributed by atoms with Gasteiger partial charge >= 0.3 is 0 Å². The lowest BCUT2D eigenvalue weighted by Crippen LogP contribution is -2.51. The summed E-state index contributed by atoms with van der Waals surface area (Å²) >= 11 is 0. The number of fused-ring (bicyclic) bond motifs is 3. The second-order valence-electron chi connectivity index (χ2n) is 9.31. The van der Waals surface area contributed by atoms with Crippen LogP contribution >= 0.6 is 0 Å². The van der Waals surface area contributed by atoms with Gasteiger partial charge in [0, 0.05) is 11.1 Å². The number of aryl methyl sites for hydroxylation is 2. The minimum atomic E-state index is -2.14. The molecule has 6 rings (SSSR count). The predicted octanol–water partition coefficient (Wildman–Crippen LogP) is 4.14. The first-order valence-corrected chi connectivity index (χ1v) is 11.3. The zero-order valence-corrected chi connectivity index (χ0v) is 18.9. The van der Waals surface area contributed by atoms with Gasteiger partial charge in [-0.25, -0.2) is 9.29 Å². The van der Waals surface area contributed by atoms with Crippen LogP contribution in [0.5, 0.6) is 0 Å². The summed E-state index contributed by atoms with van der Waals surface area (Å²) in [6.07, 6.45) is -1.07. The molecular formula is C28H20FNO5. The summed E-state index contributed by atoms with van der Waals surface area (Å²) in [4.78, 5) is 56.2. The van der Waals surface area contributed by atoms with E-state index in [2.05, 4.69) is 0 Å². The second kappa shape index (κ2) is 7.26. The second-order valence-corrected chi connectivity index (χ2v) is 9.31. The first-order valence-electron chi connectivity index (χ1n) is 11.3.